The van der Waals surface area contributed by atoms with Crippen molar-refractivity contribution in [1.82, 2.24) is 0 Å². The highest BCUT2D eigenvalue weighted by Gasteiger charge is 2.24. The molecule has 0 saturated carbocycles. The summed E-state index contributed by atoms with van der Waals surface area (Å²) in [5.41, 5.74) is 5.38. The quantitative estimate of drug-likeness (QED) is 0.620. The second-order valence-corrected chi connectivity index (χ2v) is 7.64. The molecule has 2 rings (SSSR count). The molecule has 0 aliphatic carbocycles. The first-order chi connectivity index (χ1) is 13.1. The Morgan fingerprint density at radius 3 is 2.29 bits per heavy atom. The van der Waals surface area contributed by atoms with E-state index in [4.69, 9.17) is 0 Å². The first kappa shape index (κ1) is 23.2. The van der Waals surface area contributed by atoms with Crippen molar-refractivity contribution >= 4 is 17.7 Å². The molecule has 0 heterocycles. The van der Waals surface area contributed by atoms with Gasteiger partial charge in [0.2, 0.25) is 0 Å². The second kappa shape index (κ2) is 9.37. The van der Waals surface area contributed by atoms with Crippen molar-refractivity contribution in [2.24, 2.45) is 0 Å². The Balaban J connectivity index is 0.00000190. The molecule has 28 heavy (non-hydrogen) atoms. The number of anilines is 1. The molecule has 0 spiro atoms. The van der Waals surface area contributed by atoms with Crippen LogP contribution in [0.2, 0.25) is 0 Å². The number of hydrogen-bond acceptors (Lipinski definition) is 2. The smallest absolute Gasteiger partial charge is 0.259 e. The Hall–Kier alpha value is -2.86. The lowest BCUT2D eigenvalue weighted by Gasteiger charge is -2.24. The summed E-state index contributed by atoms with van der Waals surface area (Å²) >= 11 is 0. The Labute approximate surface area is 170 Å². The molecule has 148 valence electrons. The fraction of sp³-hybridized carbons (Fsp3) is 0.360. The first-order valence-electron chi connectivity index (χ1n) is 9.67. The van der Waals surface area contributed by atoms with Gasteiger partial charge in [-0.15, -0.1) is 0 Å². The van der Waals surface area contributed by atoms with E-state index in [0.717, 1.165) is 22.4 Å². The lowest BCUT2D eigenvalue weighted by molar-refractivity contribution is 0.0992. The van der Waals surface area contributed by atoms with Gasteiger partial charge in [0, 0.05) is 12.7 Å². The van der Waals surface area contributed by atoms with Crippen LogP contribution in [0.25, 0.3) is 6.08 Å². The van der Waals surface area contributed by atoms with E-state index >= 15 is 0 Å². The molecule has 0 aliphatic heterocycles. The van der Waals surface area contributed by atoms with Gasteiger partial charge in [0.15, 0.2) is 0 Å². The molecule has 0 bridgehead atoms. The van der Waals surface area contributed by atoms with Crippen LogP contribution in [0.15, 0.2) is 36.9 Å². The summed E-state index contributed by atoms with van der Waals surface area (Å²) in [4.78, 5) is 14.9. The SMILES string of the molecule is C=Cc1cc(C(C)(C)C)cc(C#N)c1C(=O)N(C)c1cccc(C)c1C.CC. The van der Waals surface area contributed by atoms with Gasteiger partial charge in [0.25, 0.3) is 5.91 Å². The summed E-state index contributed by atoms with van der Waals surface area (Å²) in [7, 11) is 1.75. The predicted octanol–water partition coefficient (Wildman–Crippen LogP) is 6.42. The van der Waals surface area contributed by atoms with Crippen LogP contribution in [-0.4, -0.2) is 13.0 Å². The van der Waals surface area contributed by atoms with Crippen molar-refractivity contribution in [3.63, 3.8) is 0 Å². The van der Waals surface area contributed by atoms with Gasteiger partial charge in [0.05, 0.1) is 17.2 Å². The maximum absolute atomic E-state index is 13.3. The van der Waals surface area contributed by atoms with Crippen molar-refractivity contribution in [2.45, 2.75) is 53.9 Å². The predicted molar refractivity (Wildman–Crippen MR) is 120 cm³/mol. The molecule has 3 heteroatoms. The zero-order valence-electron chi connectivity index (χ0n) is 18.5. The van der Waals surface area contributed by atoms with Crippen LogP contribution in [0.1, 0.15) is 72.8 Å². The van der Waals surface area contributed by atoms with Gasteiger partial charge in [0.1, 0.15) is 0 Å². The highest BCUT2D eigenvalue weighted by molar-refractivity contribution is 6.10. The highest BCUT2D eigenvalue weighted by Crippen LogP contribution is 2.30. The number of rotatable bonds is 3. The maximum atomic E-state index is 13.3. The zero-order valence-corrected chi connectivity index (χ0v) is 18.5. The third-order valence-corrected chi connectivity index (χ3v) is 4.83. The van der Waals surface area contributed by atoms with Gasteiger partial charge < -0.3 is 4.90 Å². The van der Waals surface area contributed by atoms with Gasteiger partial charge in [-0.25, -0.2) is 0 Å². The van der Waals surface area contributed by atoms with Crippen molar-refractivity contribution < 1.29 is 4.79 Å². The number of nitrogens with zero attached hydrogens (tertiary/aromatic N) is 2. The molecule has 0 unspecified atom stereocenters. The number of carbonyl (C=O) groups is 1. The average Bonchev–Trinajstić information content (AvgIpc) is 2.68. The molecule has 1 amide bonds. The van der Waals surface area contributed by atoms with E-state index in [-0.39, 0.29) is 11.3 Å². The lowest BCUT2D eigenvalue weighted by atomic mass is 9.83. The number of nitriles is 1. The summed E-state index contributed by atoms with van der Waals surface area (Å²) < 4.78 is 0. The number of amides is 1. The van der Waals surface area contributed by atoms with Crippen LogP contribution in [-0.2, 0) is 5.41 Å². The standard InChI is InChI=1S/C23H26N2O.C2H6/c1-8-17-12-19(23(4,5)6)13-18(14-24)21(17)22(26)25(7)20-11-9-10-15(2)16(20)3;1-2/h8-13H,1H2,2-7H3;1-2H3. The molecule has 0 N–H and O–H groups in total. The fourth-order valence-corrected chi connectivity index (χ4v) is 2.96. The molecular weight excluding hydrogens is 344 g/mol. The van der Waals surface area contributed by atoms with Crippen molar-refractivity contribution in [3.05, 3.63) is 70.3 Å². The van der Waals surface area contributed by atoms with Gasteiger partial charge in [-0.05, 0) is 53.6 Å². The van der Waals surface area contributed by atoms with E-state index in [0.29, 0.717) is 16.7 Å². The van der Waals surface area contributed by atoms with Crippen LogP contribution in [0, 0.1) is 25.2 Å². The largest absolute Gasteiger partial charge is 0.311 e. The molecule has 0 aromatic heterocycles. The van der Waals surface area contributed by atoms with Crippen LogP contribution in [0.3, 0.4) is 0 Å². The topological polar surface area (TPSA) is 44.1 Å². The van der Waals surface area contributed by atoms with Gasteiger partial charge in [-0.2, -0.15) is 5.26 Å². The Morgan fingerprint density at radius 1 is 1.18 bits per heavy atom. The summed E-state index contributed by atoms with van der Waals surface area (Å²) in [6.45, 7) is 18.1. The van der Waals surface area contributed by atoms with Crippen LogP contribution in [0.5, 0.6) is 0 Å². The molecule has 0 fully saturated rings. The third kappa shape index (κ3) is 4.70. The first-order valence-corrected chi connectivity index (χ1v) is 9.67. The van der Waals surface area contributed by atoms with Crippen LogP contribution >= 0.6 is 0 Å². The number of carbonyl (C=O) groups excluding carboxylic acids is 1. The minimum absolute atomic E-state index is 0.121. The number of aryl methyl sites for hydroxylation is 1. The van der Waals surface area contributed by atoms with Crippen molar-refractivity contribution in [1.29, 1.82) is 5.26 Å². The molecule has 0 aliphatic rings. The van der Waals surface area contributed by atoms with Gasteiger partial charge >= 0.3 is 0 Å². The monoisotopic (exact) mass is 376 g/mol. The van der Waals surface area contributed by atoms with E-state index < -0.39 is 0 Å². The molecule has 0 saturated heterocycles. The van der Waals surface area contributed by atoms with E-state index in [1.807, 2.05) is 58.0 Å². The zero-order chi connectivity index (χ0) is 21.6. The number of hydrogen-bond donors (Lipinski definition) is 0. The molecule has 3 nitrogen and oxygen atoms in total. The minimum Gasteiger partial charge on any atom is -0.311 e. The Bertz CT molecular complexity index is 911. The van der Waals surface area contributed by atoms with Crippen molar-refractivity contribution in [2.75, 3.05) is 11.9 Å². The summed E-state index contributed by atoms with van der Waals surface area (Å²) in [5.74, 6) is -0.203. The van der Waals surface area contributed by atoms with Crippen LogP contribution < -0.4 is 4.90 Å². The van der Waals surface area contributed by atoms with Gasteiger partial charge in [-0.1, -0.05) is 65.5 Å². The summed E-state index contributed by atoms with van der Waals surface area (Å²) in [6.07, 6.45) is 1.65. The lowest BCUT2D eigenvalue weighted by Crippen LogP contribution is -2.29. The normalized spacial score (nSPS) is 10.4. The maximum Gasteiger partial charge on any atom is 0.259 e. The number of benzene rings is 2. The average molecular weight is 377 g/mol. The van der Waals surface area contributed by atoms with E-state index in [1.165, 1.54) is 0 Å². The third-order valence-electron chi connectivity index (χ3n) is 4.83. The second-order valence-electron chi connectivity index (χ2n) is 7.64. The highest BCUT2D eigenvalue weighted by atomic mass is 16.2. The molecular formula is C25H32N2O. The molecule has 2 aromatic rings. The molecule has 0 radical (unpaired) electrons. The molecule has 2 aromatic carbocycles. The van der Waals surface area contributed by atoms with E-state index in [2.05, 4.69) is 33.4 Å². The van der Waals surface area contributed by atoms with Gasteiger partial charge in [-0.3, -0.25) is 4.79 Å². The molecule has 0 atom stereocenters. The fourth-order valence-electron chi connectivity index (χ4n) is 2.96. The van der Waals surface area contributed by atoms with E-state index in [9.17, 15) is 10.1 Å². The van der Waals surface area contributed by atoms with Crippen molar-refractivity contribution in [3.8, 4) is 6.07 Å². The Kier molecular flexibility index (Phi) is 7.76. The Morgan fingerprint density at radius 2 is 1.79 bits per heavy atom. The van der Waals surface area contributed by atoms with E-state index in [1.54, 1.807) is 18.0 Å². The van der Waals surface area contributed by atoms with Crippen LogP contribution in [0.4, 0.5) is 5.69 Å². The summed E-state index contributed by atoms with van der Waals surface area (Å²) in [5, 5.41) is 9.67. The summed E-state index contributed by atoms with van der Waals surface area (Å²) in [6, 6.07) is 11.8. The minimum atomic E-state index is -0.203.